The summed E-state index contributed by atoms with van der Waals surface area (Å²) in [6.07, 6.45) is 6.01. The third kappa shape index (κ3) is 2.46. The summed E-state index contributed by atoms with van der Waals surface area (Å²) in [7, 11) is 0. The van der Waals surface area contributed by atoms with E-state index < -0.39 is 0 Å². The minimum atomic E-state index is 1.00. The summed E-state index contributed by atoms with van der Waals surface area (Å²) in [6, 6.07) is 10.6. The molecule has 0 amide bonds. The smallest absolute Gasteiger partial charge is 0.108 e. The highest BCUT2D eigenvalue weighted by atomic mass is 15.1. The zero-order chi connectivity index (χ0) is 10.5. The number of hydrogen-bond donors (Lipinski definition) is 0. The topological polar surface area (TPSA) is 17.8 Å². The molecule has 0 aliphatic heterocycles. The molecule has 1 aromatic heterocycles. The van der Waals surface area contributed by atoms with Gasteiger partial charge in [-0.2, -0.15) is 0 Å². The molecule has 0 atom stereocenters. The van der Waals surface area contributed by atoms with E-state index >= 15 is 0 Å². The molecular weight excluding hydrogens is 184 g/mol. The van der Waals surface area contributed by atoms with Crippen molar-refractivity contribution >= 4 is 0 Å². The Morgan fingerprint density at radius 1 is 1.20 bits per heavy atom. The van der Waals surface area contributed by atoms with Crippen molar-refractivity contribution in [2.24, 2.45) is 0 Å². The van der Waals surface area contributed by atoms with Crippen molar-refractivity contribution in [3.8, 4) is 0 Å². The highest BCUT2D eigenvalue weighted by Crippen LogP contribution is 2.04. The largest absolute Gasteiger partial charge is 0.335 e. The van der Waals surface area contributed by atoms with Gasteiger partial charge in [-0.05, 0) is 12.0 Å². The minimum absolute atomic E-state index is 1.00. The first-order valence-corrected chi connectivity index (χ1v) is 5.44. The van der Waals surface area contributed by atoms with Crippen LogP contribution in [0.3, 0.4) is 0 Å². The fourth-order valence-corrected chi connectivity index (χ4v) is 1.75. The van der Waals surface area contributed by atoms with Gasteiger partial charge in [0.05, 0.1) is 0 Å². The number of imidazole rings is 1. The summed E-state index contributed by atoms with van der Waals surface area (Å²) in [4.78, 5) is 4.31. The van der Waals surface area contributed by atoms with Crippen molar-refractivity contribution in [2.75, 3.05) is 0 Å². The molecule has 0 fully saturated rings. The second-order valence-electron chi connectivity index (χ2n) is 3.63. The van der Waals surface area contributed by atoms with E-state index in [-0.39, 0.29) is 0 Å². The van der Waals surface area contributed by atoms with Gasteiger partial charge in [0.25, 0.3) is 0 Å². The molecule has 2 rings (SSSR count). The molecule has 1 aromatic carbocycles. The van der Waals surface area contributed by atoms with Crippen LogP contribution >= 0.6 is 0 Å². The SMILES string of the molecule is CCc1nccn1CCc1ccccc1. The molecule has 0 aliphatic carbocycles. The molecule has 15 heavy (non-hydrogen) atoms. The average molecular weight is 200 g/mol. The molecule has 0 saturated carbocycles. The van der Waals surface area contributed by atoms with E-state index in [1.54, 1.807) is 0 Å². The van der Waals surface area contributed by atoms with E-state index in [0.29, 0.717) is 0 Å². The van der Waals surface area contributed by atoms with Crippen LogP contribution in [-0.2, 0) is 19.4 Å². The van der Waals surface area contributed by atoms with Crippen LogP contribution in [0, 0.1) is 0 Å². The number of aryl methyl sites for hydroxylation is 3. The second-order valence-corrected chi connectivity index (χ2v) is 3.63. The van der Waals surface area contributed by atoms with Crippen LogP contribution in [0.15, 0.2) is 42.7 Å². The Morgan fingerprint density at radius 2 is 2.00 bits per heavy atom. The molecule has 0 spiro atoms. The maximum Gasteiger partial charge on any atom is 0.108 e. The van der Waals surface area contributed by atoms with Crippen LogP contribution in [0.1, 0.15) is 18.3 Å². The highest BCUT2D eigenvalue weighted by molar-refractivity contribution is 5.14. The fourth-order valence-electron chi connectivity index (χ4n) is 1.75. The number of rotatable bonds is 4. The van der Waals surface area contributed by atoms with Gasteiger partial charge in [-0.1, -0.05) is 37.3 Å². The summed E-state index contributed by atoms with van der Waals surface area (Å²) in [6.45, 7) is 3.16. The van der Waals surface area contributed by atoms with E-state index in [1.807, 2.05) is 6.20 Å². The standard InChI is InChI=1S/C13H16N2/c1-2-13-14-9-11-15(13)10-8-12-6-4-3-5-7-12/h3-7,9,11H,2,8,10H2,1H3. The van der Waals surface area contributed by atoms with Crippen LogP contribution in [0.4, 0.5) is 0 Å². The Bertz CT molecular complexity index is 403. The molecule has 0 N–H and O–H groups in total. The Kier molecular flexibility index (Phi) is 3.18. The van der Waals surface area contributed by atoms with Crippen LogP contribution in [0.5, 0.6) is 0 Å². The van der Waals surface area contributed by atoms with E-state index in [2.05, 4.69) is 53.0 Å². The van der Waals surface area contributed by atoms with Crippen LogP contribution < -0.4 is 0 Å². The van der Waals surface area contributed by atoms with E-state index in [4.69, 9.17) is 0 Å². The maximum absolute atomic E-state index is 4.31. The summed E-state index contributed by atoms with van der Waals surface area (Å²) in [5.74, 6) is 1.17. The van der Waals surface area contributed by atoms with Crippen molar-refractivity contribution in [2.45, 2.75) is 26.3 Å². The lowest BCUT2D eigenvalue weighted by atomic mass is 10.1. The van der Waals surface area contributed by atoms with Gasteiger partial charge in [-0.3, -0.25) is 0 Å². The fraction of sp³-hybridized carbons (Fsp3) is 0.308. The second kappa shape index (κ2) is 4.78. The lowest BCUT2D eigenvalue weighted by Gasteiger charge is -2.06. The first-order valence-electron chi connectivity index (χ1n) is 5.44. The molecule has 2 aromatic rings. The lowest BCUT2D eigenvalue weighted by Crippen LogP contribution is -2.04. The van der Waals surface area contributed by atoms with E-state index in [0.717, 1.165) is 19.4 Å². The first kappa shape index (κ1) is 9.97. The van der Waals surface area contributed by atoms with E-state index in [9.17, 15) is 0 Å². The van der Waals surface area contributed by atoms with Gasteiger partial charge < -0.3 is 4.57 Å². The molecule has 0 radical (unpaired) electrons. The van der Waals surface area contributed by atoms with Crippen molar-refractivity contribution < 1.29 is 0 Å². The molecule has 0 bridgehead atoms. The maximum atomic E-state index is 4.31. The molecular formula is C13H16N2. The Balaban J connectivity index is 1.99. The number of aromatic nitrogens is 2. The van der Waals surface area contributed by atoms with Crippen LogP contribution in [0.25, 0.3) is 0 Å². The highest BCUT2D eigenvalue weighted by Gasteiger charge is 1.99. The predicted octanol–water partition coefficient (Wildman–Crippen LogP) is 2.69. The summed E-state index contributed by atoms with van der Waals surface area (Å²) in [5, 5.41) is 0. The Hall–Kier alpha value is -1.57. The molecule has 0 aliphatic rings. The van der Waals surface area contributed by atoms with Gasteiger partial charge in [0.15, 0.2) is 0 Å². The molecule has 78 valence electrons. The van der Waals surface area contributed by atoms with Crippen molar-refractivity contribution in [3.05, 3.63) is 54.1 Å². The minimum Gasteiger partial charge on any atom is -0.335 e. The predicted molar refractivity (Wildman–Crippen MR) is 61.8 cm³/mol. The first-order chi connectivity index (χ1) is 7.40. The summed E-state index contributed by atoms with van der Waals surface area (Å²) in [5.41, 5.74) is 1.38. The number of hydrogen-bond acceptors (Lipinski definition) is 1. The average Bonchev–Trinajstić information content (AvgIpc) is 2.75. The van der Waals surface area contributed by atoms with Gasteiger partial charge in [0.2, 0.25) is 0 Å². The van der Waals surface area contributed by atoms with Gasteiger partial charge in [-0.25, -0.2) is 4.98 Å². The zero-order valence-corrected chi connectivity index (χ0v) is 9.06. The van der Waals surface area contributed by atoms with Gasteiger partial charge in [0.1, 0.15) is 5.82 Å². The Labute approximate surface area is 90.6 Å². The molecule has 2 nitrogen and oxygen atoms in total. The van der Waals surface area contributed by atoms with Crippen LogP contribution in [-0.4, -0.2) is 9.55 Å². The van der Waals surface area contributed by atoms with Gasteiger partial charge in [0, 0.05) is 25.4 Å². The quantitative estimate of drug-likeness (QED) is 0.742. The molecule has 1 heterocycles. The molecule has 2 heteroatoms. The molecule has 0 saturated heterocycles. The van der Waals surface area contributed by atoms with E-state index in [1.165, 1.54) is 11.4 Å². The molecule has 0 unspecified atom stereocenters. The van der Waals surface area contributed by atoms with Gasteiger partial charge >= 0.3 is 0 Å². The third-order valence-corrected chi connectivity index (χ3v) is 2.60. The third-order valence-electron chi connectivity index (χ3n) is 2.60. The van der Waals surface area contributed by atoms with Crippen molar-refractivity contribution in [1.29, 1.82) is 0 Å². The number of benzene rings is 1. The normalized spacial score (nSPS) is 10.5. The van der Waals surface area contributed by atoms with Crippen molar-refractivity contribution in [1.82, 2.24) is 9.55 Å². The Morgan fingerprint density at radius 3 is 2.73 bits per heavy atom. The van der Waals surface area contributed by atoms with Gasteiger partial charge in [-0.15, -0.1) is 0 Å². The van der Waals surface area contributed by atoms with Crippen molar-refractivity contribution in [3.63, 3.8) is 0 Å². The van der Waals surface area contributed by atoms with Crippen LogP contribution in [0.2, 0.25) is 0 Å². The lowest BCUT2D eigenvalue weighted by molar-refractivity contribution is 0.656. The summed E-state index contributed by atoms with van der Waals surface area (Å²) >= 11 is 0. The summed E-state index contributed by atoms with van der Waals surface area (Å²) < 4.78 is 2.23. The monoisotopic (exact) mass is 200 g/mol. The number of nitrogens with zero attached hydrogens (tertiary/aromatic N) is 2. The zero-order valence-electron chi connectivity index (χ0n) is 9.06.